The molecule has 2 heterocycles. The summed E-state index contributed by atoms with van der Waals surface area (Å²) in [6.07, 6.45) is 0.269. The Morgan fingerprint density at radius 2 is 1.41 bits per heavy atom. The summed E-state index contributed by atoms with van der Waals surface area (Å²) in [5, 5.41) is 31.6. The number of aliphatic hydroxyl groups is 3. The number of imidazole rings is 1. The molecule has 0 spiro atoms. The second-order valence-electron chi connectivity index (χ2n) is 8.98. The van der Waals surface area contributed by atoms with Crippen molar-refractivity contribution in [2.24, 2.45) is 5.73 Å². The lowest BCUT2D eigenvalue weighted by molar-refractivity contribution is -0.190. The van der Waals surface area contributed by atoms with E-state index >= 15 is 0 Å². The summed E-state index contributed by atoms with van der Waals surface area (Å²) in [5.41, 5.74) is 6.10. The van der Waals surface area contributed by atoms with Gasteiger partial charge in [-0.3, -0.25) is 4.57 Å². The molecule has 20 heteroatoms. The zero-order valence-electron chi connectivity index (χ0n) is 26.8. The molecule has 0 aliphatic heterocycles. The number of nitrogens with two attached hydrogens (primary N) is 1. The highest BCUT2D eigenvalue weighted by atomic mass is 31.2. The van der Waals surface area contributed by atoms with E-state index in [0.717, 1.165) is 13.5 Å². The Morgan fingerprint density at radius 3 is 1.96 bits per heavy atom. The van der Waals surface area contributed by atoms with Gasteiger partial charge in [-0.2, -0.15) is 4.67 Å². The number of aromatic nitrogens is 4. The summed E-state index contributed by atoms with van der Waals surface area (Å²) in [4.78, 5) is 26.6. The molecule has 0 fully saturated rings. The van der Waals surface area contributed by atoms with Crippen LogP contribution in [0.15, 0.2) is 12.7 Å². The quantitative estimate of drug-likeness (QED) is 0.0269. The summed E-state index contributed by atoms with van der Waals surface area (Å²) in [7, 11) is 1.21. The van der Waals surface area contributed by atoms with E-state index < -0.39 is 27.0 Å². The predicted molar refractivity (Wildman–Crippen MR) is 166 cm³/mol. The van der Waals surface area contributed by atoms with Gasteiger partial charge < -0.3 is 64.2 Å². The molecule has 0 aliphatic rings. The fourth-order valence-corrected chi connectivity index (χ4v) is 4.05. The number of methoxy groups -OCH3 is 1. The molecule has 0 saturated heterocycles. The Balaban J connectivity index is 0.00000518. The van der Waals surface area contributed by atoms with Crippen LogP contribution in [-0.2, 0) is 42.5 Å². The largest absolute Gasteiger partial charge is 0.400 e. The van der Waals surface area contributed by atoms with Crippen LogP contribution in [0.2, 0.25) is 0 Å². The number of rotatable bonds is 29. The van der Waals surface area contributed by atoms with Crippen molar-refractivity contribution < 1.29 is 62.7 Å². The Bertz CT molecular complexity index is 986. The van der Waals surface area contributed by atoms with Crippen LogP contribution in [0.3, 0.4) is 0 Å². The van der Waals surface area contributed by atoms with Crippen LogP contribution in [-0.4, -0.2) is 159 Å². The fraction of sp³-hybridized carbons (Fsp3) is 0.808. The lowest BCUT2D eigenvalue weighted by atomic mass is 10.2. The fourth-order valence-electron chi connectivity index (χ4n) is 3.61. The zero-order chi connectivity index (χ0) is 33.8. The third-order valence-corrected chi connectivity index (χ3v) is 6.51. The van der Waals surface area contributed by atoms with Crippen molar-refractivity contribution >= 4 is 25.6 Å². The van der Waals surface area contributed by atoms with Gasteiger partial charge in [0.2, 0.25) is 0 Å². The molecule has 0 aliphatic carbocycles. The number of aliphatic hydroxyl groups excluding tert-OH is 3. The highest BCUT2D eigenvalue weighted by molar-refractivity contribution is 7.40. The Hall–Kier alpha value is -1.78. The van der Waals surface area contributed by atoms with E-state index in [1.807, 2.05) is 0 Å². The van der Waals surface area contributed by atoms with Gasteiger partial charge in [-0.25, -0.2) is 19.8 Å². The van der Waals surface area contributed by atoms with Crippen molar-refractivity contribution in [2.75, 3.05) is 112 Å². The Labute approximate surface area is 270 Å². The minimum Gasteiger partial charge on any atom is -0.400 e. The Kier molecular flexibility index (Phi) is 25.9. The van der Waals surface area contributed by atoms with Gasteiger partial charge in [0.15, 0.2) is 23.2 Å². The molecule has 2 aromatic rings. The lowest BCUT2D eigenvalue weighted by Gasteiger charge is -2.26. The number of ether oxygens (including phenoxy) is 6. The molecule has 0 aromatic carbocycles. The van der Waals surface area contributed by atoms with Crippen LogP contribution >= 0.6 is 8.60 Å². The van der Waals surface area contributed by atoms with Crippen LogP contribution < -0.4 is 11.1 Å². The molecule has 46 heavy (non-hydrogen) atoms. The van der Waals surface area contributed by atoms with Gasteiger partial charge in [-0.05, 0) is 19.4 Å². The third kappa shape index (κ3) is 17.4. The van der Waals surface area contributed by atoms with E-state index in [0.29, 0.717) is 103 Å². The van der Waals surface area contributed by atoms with Gasteiger partial charge in [0.1, 0.15) is 18.5 Å². The number of nitrogens with one attached hydrogen (secondary N) is 1. The van der Waals surface area contributed by atoms with Gasteiger partial charge in [-0.15, -0.1) is 0 Å². The average Bonchev–Trinajstić information content (AvgIpc) is 3.51. The number of hydrogen-bond acceptors (Lipinski definition) is 18. The summed E-state index contributed by atoms with van der Waals surface area (Å²) < 4.78 is 43.3. The smallest absolute Gasteiger partial charge is 0.360 e. The van der Waals surface area contributed by atoms with Gasteiger partial charge in [-0.1, -0.05) is 0 Å². The van der Waals surface area contributed by atoms with Crippen molar-refractivity contribution in [3.05, 3.63) is 12.7 Å². The van der Waals surface area contributed by atoms with E-state index in [-0.39, 0.29) is 6.61 Å². The van der Waals surface area contributed by atoms with Crippen molar-refractivity contribution in [1.82, 2.24) is 19.5 Å². The van der Waals surface area contributed by atoms with Crippen molar-refractivity contribution in [2.45, 2.75) is 31.3 Å². The van der Waals surface area contributed by atoms with E-state index in [1.165, 1.54) is 31.4 Å². The molecular formula is C26H51N6O13P. The second-order valence-corrected chi connectivity index (χ2v) is 9.87. The third-order valence-electron chi connectivity index (χ3n) is 5.86. The first kappa shape index (κ1) is 42.2. The molecule has 2 rings (SSSR count). The summed E-state index contributed by atoms with van der Waals surface area (Å²) >= 11 is 0. The summed E-state index contributed by atoms with van der Waals surface area (Å²) in [6.45, 7) is 6.06. The van der Waals surface area contributed by atoms with Gasteiger partial charge in [0.25, 0.3) is 0 Å². The maximum absolute atomic E-state index is 10.8. The second kappa shape index (κ2) is 28.3. The maximum atomic E-state index is 10.8. The lowest BCUT2D eigenvalue weighted by Crippen LogP contribution is -2.39. The molecule has 4 atom stereocenters. The summed E-state index contributed by atoms with van der Waals surface area (Å²) in [5.74, 6) is 0.467. The molecule has 19 nitrogen and oxygen atoms in total. The normalized spacial score (nSPS) is 14.1. The monoisotopic (exact) mass is 686 g/mol. The SMILES string of the molecule is CO.COOP(O)OCC(OC)C(O)C(O)n1cnc2c(NCCCOCCOCCOCCOCCOCCCN)ncnc21. The molecular weight excluding hydrogens is 635 g/mol. The van der Waals surface area contributed by atoms with Crippen LogP contribution in [0.4, 0.5) is 5.82 Å². The average molecular weight is 687 g/mol. The van der Waals surface area contributed by atoms with E-state index in [4.69, 9.17) is 43.8 Å². The van der Waals surface area contributed by atoms with Crippen molar-refractivity contribution in [3.63, 3.8) is 0 Å². The first-order chi connectivity index (χ1) is 22.5. The van der Waals surface area contributed by atoms with E-state index in [1.54, 1.807) is 0 Å². The topological polar surface area (TPSA) is 246 Å². The van der Waals surface area contributed by atoms with Crippen LogP contribution in [0.5, 0.6) is 0 Å². The molecule has 0 radical (unpaired) electrons. The highest BCUT2D eigenvalue weighted by Crippen LogP contribution is 2.33. The highest BCUT2D eigenvalue weighted by Gasteiger charge is 2.30. The number of hydrogen-bond donors (Lipinski definition) is 6. The Morgan fingerprint density at radius 1 is 0.848 bits per heavy atom. The maximum Gasteiger partial charge on any atom is 0.360 e. The molecule has 0 saturated carbocycles. The molecule has 0 amide bonds. The molecule has 2 aromatic heterocycles. The van der Waals surface area contributed by atoms with Gasteiger partial charge in [0, 0.05) is 34.0 Å². The number of nitrogens with zero attached hydrogens (tertiary/aromatic N) is 4. The zero-order valence-corrected chi connectivity index (χ0v) is 27.7. The van der Waals surface area contributed by atoms with E-state index in [9.17, 15) is 15.1 Å². The number of fused-ring (bicyclic) bond motifs is 1. The standard InChI is InChI=1S/C25H47N6O12P.CH4O/c1-35-20(17-42-44(34)43-36-2)22(32)25(33)31-19-30-21-23(28-18-29-24(21)31)27-6-4-8-38-10-12-40-14-16-41-15-13-39-11-9-37-7-3-5-26;1-2/h18-20,22,25,32-34H,3-17,26H2,1-2H3,(H,27,28,29);2H,1H3. The predicted octanol–water partition coefficient (Wildman–Crippen LogP) is -0.651. The van der Waals surface area contributed by atoms with Gasteiger partial charge >= 0.3 is 8.60 Å². The minimum absolute atomic E-state index is 0.277. The van der Waals surface area contributed by atoms with Crippen LogP contribution in [0.1, 0.15) is 19.1 Å². The molecule has 0 bridgehead atoms. The summed E-state index contributed by atoms with van der Waals surface area (Å²) in [6, 6.07) is 0. The number of anilines is 1. The van der Waals surface area contributed by atoms with Crippen molar-refractivity contribution in [3.8, 4) is 0 Å². The van der Waals surface area contributed by atoms with Crippen molar-refractivity contribution in [1.29, 1.82) is 0 Å². The van der Waals surface area contributed by atoms with E-state index in [2.05, 4.69) is 29.8 Å². The molecule has 268 valence electrons. The van der Waals surface area contributed by atoms with Crippen LogP contribution in [0.25, 0.3) is 11.2 Å². The first-order valence-corrected chi connectivity index (χ1v) is 15.8. The first-order valence-electron chi connectivity index (χ1n) is 14.7. The minimum atomic E-state index is -2.33. The molecule has 4 unspecified atom stereocenters. The van der Waals surface area contributed by atoms with Crippen LogP contribution in [0, 0.1) is 0 Å². The molecule has 7 N–H and O–H groups in total. The van der Waals surface area contributed by atoms with Gasteiger partial charge in [0.05, 0.1) is 72.9 Å².